The molecule has 86 valence electrons. The zero-order chi connectivity index (χ0) is 11.0. The largest absolute Gasteiger partial charge is 0.433 e. The van der Waals surface area contributed by atoms with Gasteiger partial charge in [-0.2, -0.15) is 13.2 Å². The van der Waals surface area contributed by atoms with Crippen molar-refractivity contribution in [2.45, 2.75) is 25.6 Å². The molecule has 0 saturated heterocycles. The van der Waals surface area contributed by atoms with Gasteiger partial charge in [-0.1, -0.05) is 0 Å². The highest BCUT2D eigenvalue weighted by atomic mass is 35.5. The highest BCUT2D eigenvalue weighted by Crippen LogP contribution is 2.27. The zero-order valence-corrected chi connectivity index (χ0v) is 8.99. The highest BCUT2D eigenvalue weighted by molar-refractivity contribution is 5.85. The number of rotatable bonds is 1. The van der Waals surface area contributed by atoms with Gasteiger partial charge in [0, 0.05) is 6.20 Å². The summed E-state index contributed by atoms with van der Waals surface area (Å²) in [5.74, 6) is -0.0210. The number of hydrogen-bond acceptors (Lipinski definition) is 3. The maximum atomic E-state index is 12.2. The van der Waals surface area contributed by atoms with Gasteiger partial charge in [0.2, 0.25) is 0 Å². The van der Waals surface area contributed by atoms with Crippen LogP contribution in [-0.2, 0) is 11.7 Å². The van der Waals surface area contributed by atoms with Crippen LogP contribution in [0.3, 0.4) is 0 Å². The molecule has 2 N–H and O–H groups in total. The van der Waals surface area contributed by atoms with Crippen LogP contribution in [0.4, 0.5) is 13.2 Å². The van der Waals surface area contributed by atoms with Crippen molar-refractivity contribution in [1.29, 1.82) is 0 Å². The molecular formula is C8H11ClF3N3. The lowest BCUT2D eigenvalue weighted by Crippen LogP contribution is -2.32. The lowest BCUT2D eigenvalue weighted by atomic mass is 10.1. The van der Waals surface area contributed by atoms with Crippen LogP contribution in [0.25, 0.3) is 0 Å². The van der Waals surface area contributed by atoms with Gasteiger partial charge >= 0.3 is 6.18 Å². The fourth-order valence-electron chi connectivity index (χ4n) is 0.827. The summed E-state index contributed by atoms with van der Waals surface area (Å²) >= 11 is 0. The van der Waals surface area contributed by atoms with E-state index in [2.05, 4.69) is 9.97 Å². The summed E-state index contributed by atoms with van der Waals surface area (Å²) in [5.41, 5.74) is 3.63. The van der Waals surface area contributed by atoms with Gasteiger partial charge in [0.1, 0.15) is 11.5 Å². The minimum absolute atomic E-state index is 0. The lowest BCUT2D eigenvalue weighted by Gasteiger charge is -2.17. The van der Waals surface area contributed by atoms with Crippen molar-refractivity contribution in [3.63, 3.8) is 0 Å². The quantitative estimate of drug-likeness (QED) is 0.819. The van der Waals surface area contributed by atoms with Gasteiger partial charge in [-0.25, -0.2) is 9.97 Å². The number of aromatic nitrogens is 2. The molecule has 1 aromatic heterocycles. The Hall–Kier alpha value is -0.880. The molecule has 1 aromatic rings. The van der Waals surface area contributed by atoms with Crippen molar-refractivity contribution < 1.29 is 13.2 Å². The maximum Gasteiger partial charge on any atom is 0.433 e. The smallest absolute Gasteiger partial charge is 0.319 e. The predicted molar refractivity (Wildman–Crippen MR) is 51.5 cm³/mol. The second kappa shape index (κ2) is 4.32. The van der Waals surface area contributed by atoms with Crippen LogP contribution in [0, 0.1) is 0 Å². The van der Waals surface area contributed by atoms with Crippen molar-refractivity contribution in [2.75, 3.05) is 0 Å². The minimum atomic E-state index is -4.46. The van der Waals surface area contributed by atoms with E-state index in [9.17, 15) is 13.2 Å². The minimum Gasteiger partial charge on any atom is -0.319 e. The average molecular weight is 242 g/mol. The van der Waals surface area contributed by atoms with Crippen LogP contribution >= 0.6 is 12.4 Å². The summed E-state index contributed by atoms with van der Waals surface area (Å²) in [6.07, 6.45) is -3.40. The van der Waals surface area contributed by atoms with E-state index in [0.29, 0.717) is 0 Å². The number of nitrogens with zero attached hydrogens (tertiary/aromatic N) is 2. The summed E-state index contributed by atoms with van der Waals surface area (Å²) in [6.45, 7) is 3.09. The first-order chi connectivity index (χ1) is 6.21. The van der Waals surface area contributed by atoms with E-state index in [1.165, 1.54) is 0 Å². The Bertz CT molecular complexity index is 303. The summed E-state index contributed by atoms with van der Waals surface area (Å²) in [5, 5.41) is 0. The summed E-state index contributed by atoms with van der Waals surface area (Å²) in [4.78, 5) is 7.04. The van der Waals surface area contributed by atoms with Gasteiger partial charge in [-0.05, 0) is 19.9 Å². The predicted octanol–water partition coefficient (Wildman–Crippen LogP) is 2.11. The fourth-order valence-corrected chi connectivity index (χ4v) is 0.827. The van der Waals surface area contributed by atoms with E-state index in [1.54, 1.807) is 13.8 Å². The molecule has 0 atom stereocenters. The maximum absolute atomic E-state index is 12.2. The van der Waals surface area contributed by atoms with Gasteiger partial charge in [-0.15, -0.1) is 12.4 Å². The van der Waals surface area contributed by atoms with Gasteiger partial charge in [0.15, 0.2) is 0 Å². The van der Waals surface area contributed by atoms with E-state index >= 15 is 0 Å². The van der Waals surface area contributed by atoms with Crippen LogP contribution in [0.2, 0.25) is 0 Å². The van der Waals surface area contributed by atoms with Gasteiger partial charge in [-0.3, -0.25) is 0 Å². The van der Waals surface area contributed by atoms with E-state index in [0.717, 1.165) is 12.3 Å². The standard InChI is InChI=1S/C8H10F3N3.ClH/c1-7(2,12)6-13-4-3-5(14-6)8(9,10)11;/h3-4H,12H2,1-2H3;1H. The summed E-state index contributed by atoms with van der Waals surface area (Å²) < 4.78 is 36.7. The van der Waals surface area contributed by atoms with Crippen molar-refractivity contribution in [3.8, 4) is 0 Å². The molecule has 0 amide bonds. The third-order valence-corrected chi connectivity index (χ3v) is 1.52. The lowest BCUT2D eigenvalue weighted by molar-refractivity contribution is -0.141. The Morgan fingerprint density at radius 1 is 1.27 bits per heavy atom. The van der Waals surface area contributed by atoms with Crippen LogP contribution in [0.5, 0.6) is 0 Å². The van der Waals surface area contributed by atoms with E-state index in [4.69, 9.17) is 5.73 Å². The Morgan fingerprint density at radius 3 is 2.20 bits per heavy atom. The van der Waals surface area contributed by atoms with Crippen molar-refractivity contribution in [1.82, 2.24) is 9.97 Å². The molecule has 0 radical (unpaired) electrons. The topological polar surface area (TPSA) is 51.8 Å². The Kier molecular flexibility index (Phi) is 4.07. The fraction of sp³-hybridized carbons (Fsp3) is 0.500. The normalized spacial score (nSPS) is 12.1. The number of nitrogens with two attached hydrogens (primary N) is 1. The first-order valence-corrected chi connectivity index (χ1v) is 3.91. The molecule has 0 saturated carbocycles. The molecule has 0 unspecified atom stereocenters. The molecule has 0 aliphatic carbocycles. The third kappa shape index (κ3) is 3.64. The van der Waals surface area contributed by atoms with Crippen molar-refractivity contribution in [3.05, 3.63) is 23.8 Å². The molecule has 0 spiro atoms. The molecule has 15 heavy (non-hydrogen) atoms. The first-order valence-electron chi connectivity index (χ1n) is 3.91. The molecule has 1 heterocycles. The van der Waals surface area contributed by atoms with Crippen LogP contribution in [0.15, 0.2) is 12.3 Å². The van der Waals surface area contributed by atoms with Crippen LogP contribution in [0.1, 0.15) is 25.4 Å². The van der Waals surface area contributed by atoms with Gasteiger partial charge in [0.05, 0.1) is 5.54 Å². The Morgan fingerprint density at radius 2 is 1.80 bits per heavy atom. The SMILES string of the molecule is CC(C)(N)c1nccc(C(F)(F)F)n1.Cl. The monoisotopic (exact) mass is 241 g/mol. The first kappa shape index (κ1) is 14.1. The second-order valence-corrected chi connectivity index (χ2v) is 3.48. The molecule has 0 bridgehead atoms. The Balaban J connectivity index is 0.00000196. The molecule has 1 rings (SSSR count). The zero-order valence-electron chi connectivity index (χ0n) is 8.17. The van der Waals surface area contributed by atoms with Crippen LogP contribution in [-0.4, -0.2) is 9.97 Å². The highest BCUT2D eigenvalue weighted by Gasteiger charge is 2.33. The van der Waals surface area contributed by atoms with E-state index < -0.39 is 17.4 Å². The van der Waals surface area contributed by atoms with E-state index in [-0.39, 0.29) is 18.2 Å². The van der Waals surface area contributed by atoms with E-state index in [1.807, 2.05) is 0 Å². The molecule has 0 aromatic carbocycles. The van der Waals surface area contributed by atoms with Crippen molar-refractivity contribution >= 4 is 12.4 Å². The molecule has 0 fully saturated rings. The number of alkyl halides is 3. The second-order valence-electron chi connectivity index (χ2n) is 3.48. The number of hydrogen-bond donors (Lipinski definition) is 1. The van der Waals surface area contributed by atoms with Gasteiger partial charge in [0.25, 0.3) is 0 Å². The third-order valence-electron chi connectivity index (χ3n) is 1.52. The molecule has 0 aliphatic rings. The van der Waals surface area contributed by atoms with Gasteiger partial charge < -0.3 is 5.73 Å². The molecule has 3 nitrogen and oxygen atoms in total. The molecule has 0 aliphatic heterocycles. The number of halogens is 4. The van der Waals surface area contributed by atoms with Crippen LogP contribution < -0.4 is 5.73 Å². The Labute approximate surface area is 91.3 Å². The van der Waals surface area contributed by atoms with Crippen molar-refractivity contribution in [2.24, 2.45) is 5.73 Å². The summed E-state index contributed by atoms with van der Waals surface area (Å²) in [6, 6.07) is 0.815. The summed E-state index contributed by atoms with van der Waals surface area (Å²) in [7, 11) is 0. The average Bonchev–Trinajstić information content (AvgIpc) is 2.01. The molecule has 7 heteroatoms. The molecular weight excluding hydrogens is 231 g/mol.